The van der Waals surface area contributed by atoms with Crippen molar-refractivity contribution in [1.82, 2.24) is 4.98 Å². The van der Waals surface area contributed by atoms with E-state index >= 15 is 0 Å². The molecule has 6 heteroatoms. The summed E-state index contributed by atoms with van der Waals surface area (Å²) in [6.07, 6.45) is 0. The van der Waals surface area contributed by atoms with E-state index in [4.69, 9.17) is 4.42 Å². The van der Waals surface area contributed by atoms with Gasteiger partial charge in [-0.2, -0.15) is 0 Å². The second-order valence-electron chi connectivity index (χ2n) is 4.79. The van der Waals surface area contributed by atoms with Gasteiger partial charge in [0.25, 0.3) is 10.0 Å². The van der Waals surface area contributed by atoms with E-state index in [1.807, 2.05) is 0 Å². The highest BCUT2D eigenvalue weighted by molar-refractivity contribution is 7.92. The van der Waals surface area contributed by atoms with Crippen LogP contribution in [-0.2, 0) is 10.0 Å². The van der Waals surface area contributed by atoms with Crippen LogP contribution in [0, 0.1) is 13.8 Å². The molecule has 0 unspecified atom stereocenters. The average molecular weight is 302 g/mol. The molecule has 1 aromatic heterocycles. The van der Waals surface area contributed by atoms with Crippen LogP contribution in [-0.4, -0.2) is 13.4 Å². The summed E-state index contributed by atoms with van der Waals surface area (Å²) in [5.41, 5.74) is 2.41. The molecular formula is C15H14N2O3S. The molecule has 0 amide bonds. The van der Waals surface area contributed by atoms with E-state index in [-0.39, 0.29) is 4.90 Å². The molecule has 0 bridgehead atoms. The van der Waals surface area contributed by atoms with E-state index in [1.54, 1.807) is 56.3 Å². The molecule has 1 N–H and O–H groups in total. The Morgan fingerprint density at radius 3 is 2.62 bits per heavy atom. The normalized spacial score (nSPS) is 11.7. The Hall–Kier alpha value is -2.34. The molecule has 0 spiro atoms. The first kappa shape index (κ1) is 13.6. The lowest BCUT2D eigenvalue weighted by molar-refractivity contribution is 0.561. The number of sulfonamides is 1. The minimum Gasteiger partial charge on any atom is -0.441 e. The first-order valence-electron chi connectivity index (χ1n) is 6.41. The van der Waals surface area contributed by atoms with Gasteiger partial charge >= 0.3 is 0 Å². The van der Waals surface area contributed by atoms with Crippen LogP contribution in [0.2, 0.25) is 0 Å². The molecule has 0 atom stereocenters. The van der Waals surface area contributed by atoms with Crippen molar-refractivity contribution in [3.63, 3.8) is 0 Å². The Morgan fingerprint density at radius 2 is 1.86 bits per heavy atom. The number of aryl methyl sites for hydroxylation is 2. The van der Waals surface area contributed by atoms with Crippen LogP contribution in [0.3, 0.4) is 0 Å². The third kappa shape index (κ3) is 2.62. The Balaban J connectivity index is 1.99. The number of oxazole rings is 1. The van der Waals surface area contributed by atoms with Gasteiger partial charge in [0, 0.05) is 6.92 Å². The van der Waals surface area contributed by atoms with Gasteiger partial charge in [0.05, 0.1) is 10.6 Å². The molecule has 0 fully saturated rings. The smallest absolute Gasteiger partial charge is 0.262 e. The molecule has 0 radical (unpaired) electrons. The number of anilines is 1. The van der Waals surface area contributed by atoms with E-state index in [9.17, 15) is 8.42 Å². The van der Waals surface area contributed by atoms with Crippen molar-refractivity contribution >= 4 is 26.8 Å². The Bertz CT molecular complexity index is 914. The lowest BCUT2D eigenvalue weighted by Crippen LogP contribution is -2.14. The standard InChI is InChI=1S/C15H14N2O3S/c1-10-5-3-4-6-15(10)21(18,19)17-12-7-8-14-13(9-12)16-11(2)20-14/h3-9,17H,1-2H3. The van der Waals surface area contributed by atoms with Crippen molar-refractivity contribution < 1.29 is 12.8 Å². The maximum Gasteiger partial charge on any atom is 0.262 e. The third-order valence-corrected chi connectivity index (χ3v) is 4.67. The highest BCUT2D eigenvalue weighted by atomic mass is 32.2. The molecular weight excluding hydrogens is 288 g/mol. The van der Waals surface area contributed by atoms with E-state index < -0.39 is 10.0 Å². The highest BCUT2D eigenvalue weighted by Crippen LogP contribution is 2.23. The predicted molar refractivity (Wildman–Crippen MR) is 80.7 cm³/mol. The topological polar surface area (TPSA) is 72.2 Å². The van der Waals surface area contributed by atoms with Crippen molar-refractivity contribution in [3.8, 4) is 0 Å². The number of nitrogens with zero attached hydrogens (tertiary/aromatic N) is 1. The summed E-state index contributed by atoms with van der Waals surface area (Å²) in [7, 11) is -3.61. The van der Waals surface area contributed by atoms with Crippen LogP contribution in [0.5, 0.6) is 0 Å². The zero-order chi connectivity index (χ0) is 15.0. The highest BCUT2D eigenvalue weighted by Gasteiger charge is 2.16. The quantitative estimate of drug-likeness (QED) is 0.806. The molecule has 21 heavy (non-hydrogen) atoms. The van der Waals surface area contributed by atoms with E-state index in [0.29, 0.717) is 28.2 Å². The number of rotatable bonds is 3. The Kier molecular flexibility index (Phi) is 3.17. The van der Waals surface area contributed by atoms with Crippen molar-refractivity contribution in [1.29, 1.82) is 0 Å². The number of aromatic nitrogens is 1. The number of hydrogen-bond donors (Lipinski definition) is 1. The van der Waals surface area contributed by atoms with E-state index in [0.717, 1.165) is 0 Å². The second-order valence-corrected chi connectivity index (χ2v) is 6.44. The van der Waals surface area contributed by atoms with Gasteiger partial charge in [-0.1, -0.05) is 18.2 Å². The van der Waals surface area contributed by atoms with Crippen molar-refractivity contribution in [2.45, 2.75) is 18.7 Å². The van der Waals surface area contributed by atoms with Crippen LogP contribution < -0.4 is 4.72 Å². The average Bonchev–Trinajstić information content (AvgIpc) is 2.78. The van der Waals surface area contributed by atoms with Crippen LogP contribution in [0.4, 0.5) is 5.69 Å². The lowest BCUT2D eigenvalue weighted by atomic mass is 10.2. The van der Waals surface area contributed by atoms with Gasteiger partial charge in [0.2, 0.25) is 0 Å². The van der Waals surface area contributed by atoms with Gasteiger partial charge < -0.3 is 4.42 Å². The first-order chi connectivity index (χ1) is 9.95. The summed E-state index contributed by atoms with van der Waals surface area (Å²) in [5, 5.41) is 0. The molecule has 0 aliphatic carbocycles. The maximum absolute atomic E-state index is 12.4. The van der Waals surface area contributed by atoms with Crippen molar-refractivity contribution in [2.75, 3.05) is 4.72 Å². The van der Waals surface area contributed by atoms with Gasteiger partial charge in [-0.3, -0.25) is 4.72 Å². The number of hydrogen-bond acceptors (Lipinski definition) is 4. The fourth-order valence-electron chi connectivity index (χ4n) is 2.17. The number of fused-ring (bicyclic) bond motifs is 1. The summed E-state index contributed by atoms with van der Waals surface area (Å²) in [6.45, 7) is 3.51. The van der Waals surface area contributed by atoms with Crippen LogP contribution in [0.1, 0.15) is 11.5 Å². The van der Waals surface area contributed by atoms with Gasteiger partial charge in [0.1, 0.15) is 5.52 Å². The molecule has 108 valence electrons. The predicted octanol–water partition coefficient (Wildman–Crippen LogP) is 3.25. The molecule has 3 rings (SSSR count). The number of benzene rings is 2. The van der Waals surface area contributed by atoms with Crippen molar-refractivity contribution in [2.24, 2.45) is 0 Å². The molecule has 0 aliphatic heterocycles. The Labute approximate surface area is 122 Å². The fraction of sp³-hybridized carbons (Fsp3) is 0.133. The third-order valence-electron chi connectivity index (χ3n) is 3.13. The summed E-state index contributed by atoms with van der Waals surface area (Å²) in [5.74, 6) is 0.545. The van der Waals surface area contributed by atoms with E-state index in [1.165, 1.54) is 0 Å². The summed E-state index contributed by atoms with van der Waals surface area (Å²) in [4.78, 5) is 4.46. The van der Waals surface area contributed by atoms with Crippen molar-refractivity contribution in [3.05, 3.63) is 53.9 Å². The minimum atomic E-state index is -3.61. The van der Waals surface area contributed by atoms with Crippen LogP contribution in [0.25, 0.3) is 11.1 Å². The van der Waals surface area contributed by atoms with E-state index in [2.05, 4.69) is 9.71 Å². The largest absolute Gasteiger partial charge is 0.441 e. The molecule has 0 saturated heterocycles. The second kappa shape index (κ2) is 4.89. The SMILES string of the molecule is Cc1nc2cc(NS(=O)(=O)c3ccccc3C)ccc2o1. The molecule has 3 aromatic rings. The van der Waals surface area contributed by atoms with Gasteiger partial charge in [-0.15, -0.1) is 0 Å². The monoisotopic (exact) mass is 302 g/mol. The molecule has 1 heterocycles. The fourth-order valence-corrected chi connectivity index (χ4v) is 3.47. The van der Waals surface area contributed by atoms with Crippen LogP contribution in [0.15, 0.2) is 51.8 Å². The van der Waals surface area contributed by atoms with Crippen LogP contribution >= 0.6 is 0 Å². The van der Waals surface area contributed by atoms with Gasteiger partial charge in [0.15, 0.2) is 11.5 Å². The summed E-state index contributed by atoms with van der Waals surface area (Å²) < 4.78 is 32.8. The van der Waals surface area contributed by atoms with Gasteiger partial charge in [-0.25, -0.2) is 13.4 Å². The number of nitrogens with one attached hydrogen (secondary N) is 1. The molecule has 5 nitrogen and oxygen atoms in total. The maximum atomic E-state index is 12.4. The lowest BCUT2D eigenvalue weighted by Gasteiger charge is -2.09. The van der Waals surface area contributed by atoms with Gasteiger partial charge in [-0.05, 0) is 36.8 Å². The molecule has 0 saturated carbocycles. The minimum absolute atomic E-state index is 0.265. The zero-order valence-electron chi connectivity index (χ0n) is 11.6. The molecule has 2 aromatic carbocycles. The zero-order valence-corrected chi connectivity index (χ0v) is 12.4. The Morgan fingerprint density at radius 1 is 1.10 bits per heavy atom. The first-order valence-corrected chi connectivity index (χ1v) is 7.90. The summed E-state index contributed by atoms with van der Waals surface area (Å²) in [6, 6.07) is 11.9. The molecule has 0 aliphatic rings. The summed E-state index contributed by atoms with van der Waals surface area (Å²) >= 11 is 0.